The van der Waals surface area contributed by atoms with Gasteiger partial charge in [0.2, 0.25) is 0 Å². The lowest BCUT2D eigenvalue weighted by atomic mass is 9.85. The van der Waals surface area contributed by atoms with Crippen molar-refractivity contribution in [3.63, 3.8) is 0 Å². The van der Waals surface area contributed by atoms with Gasteiger partial charge in [0.25, 0.3) is 5.91 Å². The van der Waals surface area contributed by atoms with E-state index >= 15 is 0 Å². The molecule has 0 bridgehead atoms. The van der Waals surface area contributed by atoms with E-state index in [0.717, 1.165) is 35.1 Å². The number of para-hydroxylation sites is 2. The summed E-state index contributed by atoms with van der Waals surface area (Å²) in [5, 5.41) is 12.6. The first-order chi connectivity index (χ1) is 12.1. The largest absolute Gasteiger partial charge is 0.372 e. The number of aromatic nitrogens is 1. The summed E-state index contributed by atoms with van der Waals surface area (Å²) in [6.45, 7) is 4.64. The molecular weight excluding hydrogens is 312 g/mol. The van der Waals surface area contributed by atoms with Gasteiger partial charge in [-0.2, -0.15) is 0 Å². The van der Waals surface area contributed by atoms with Gasteiger partial charge in [0.15, 0.2) is 5.60 Å². The SMILES string of the molecule is CCCCN1C(=O)[C@@](O)(c2c(C)[nH]c3ccccc23)c2ccccc21. The second-order valence-electron chi connectivity index (χ2n) is 6.71. The molecule has 128 valence electrons. The number of nitrogens with one attached hydrogen (secondary N) is 1. The number of rotatable bonds is 4. The molecule has 3 aromatic rings. The molecule has 0 unspecified atom stereocenters. The molecule has 1 amide bonds. The number of aryl methyl sites for hydroxylation is 1. The maximum absolute atomic E-state index is 13.3. The minimum absolute atomic E-state index is 0.255. The van der Waals surface area contributed by atoms with Crippen molar-refractivity contribution in [2.45, 2.75) is 32.3 Å². The third-order valence-electron chi connectivity index (χ3n) is 5.13. The molecule has 4 heteroatoms. The van der Waals surface area contributed by atoms with Crippen molar-refractivity contribution in [2.75, 3.05) is 11.4 Å². The van der Waals surface area contributed by atoms with E-state index in [0.29, 0.717) is 17.7 Å². The molecule has 1 aliphatic rings. The van der Waals surface area contributed by atoms with Crippen LogP contribution in [0.15, 0.2) is 48.5 Å². The third kappa shape index (κ3) is 2.14. The number of fused-ring (bicyclic) bond motifs is 2. The van der Waals surface area contributed by atoms with E-state index in [1.807, 2.05) is 55.5 Å². The van der Waals surface area contributed by atoms with Crippen LogP contribution in [-0.2, 0) is 10.4 Å². The zero-order valence-corrected chi connectivity index (χ0v) is 14.5. The average Bonchev–Trinajstić information content (AvgIpc) is 3.07. The van der Waals surface area contributed by atoms with E-state index in [2.05, 4.69) is 11.9 Å². The summed E-state index contributed by atoms with van der Waals surface area (Å²) in [6, 6.07) is 15.4. The van der Waals surface area contributed by atoms with Crippen LogP contribution in [0.2, 0.25) is 0 Å². The highest BCUT2D eigenvalue weighted by molar-refractivity contribution is 6.11. The standard InChI is InChI=1S/C21H22N2O2/c1-3-4-13-23-18-12-8-6-10-16(18)21(25,20(23)24)19-14(2)22-17-11-7-5-9-15(17)19/h5-12,22,25H,3-4,13H2,1-2H3/t21-/m0/s1. The molecule has 0 spiro atoms. The fourth-order valence-corrected chi connectivity index (χ4v) is 3.96. The van der Waals surface area contributed by atoms with Gasteiger partial charge in [0.1, 0.15) is 0 Å². The molecule has 2 heterocycles. The second kappa shape index (κ2) is 5.74. The summed E-state index contributed by atoms with van der Waals surface area (Å²) >= 11 is 0. The molecule has 4 nitrogen and oxygen atoms in total. The number of carbonyl (C=O) groups excluding carboxylic acids is 1. The summed E-state index contributed by atoms with van der Waals surface area (Å²) in [7, 11) is 0. The molecular formula is C21H22N2O2. The van der Waals surface area contributed by atoms with E-state index in [1.165, 1.54) is 0 Å². The maximum atomic E-state index is 13.3. The van der Waals surface area contributed by atoms with Gasteiger partial charge in [-0.1, -0.05) is 49.7 Å². The Bertz CT molecular complexity index is 959. The van der Waals surface area contributed by atoms with Crippen molar-refractivity contribution in [2.24, 2.45) is 0 Å². The lowest BCUT2D eigenvalue weighted by Gasteiger charge is -2.24. The normalized spacial score (nSPS) is 19.6. The highest BCUT2D eigenvalue weighted by Gasteiger charge is 2.52. The van der Waals surface area contributed by atoms with Crippen LogP contribution < -0.4 is 4.90 Å². The number of aromatic amines is 1. The van der Waals surface area contributed by atoms with Crippen LogP contribution in [0, 0.1) is 6.92 Å². The van der Waals surface area contributed by atoms with Crippen LogP contribution in [0.1, 0.15) is 36.6 Å². The summed E-state index contributed by atoms with van der Waals surface area (Å²) in [4.78, 5) is 18.4. The van der Waals surface area contributed by atoms with Crippen molar-refractivity contribution >= 4 is 22.5 Å². The highest BCUT2D eigenvalue weighted by Crippen LogP contribution is 2.47. The van der Waals surface area contributed by atoms with Gasteiger partial charge in [0.05, 0.1) is 5.69 Å². The molecule has 1 aromatic heterocycles. The summed E-state index contributed by atoms with van der Waals surface area (Å²) in [6.07, 6.45) is 1.90. The van der Waals surface area contributed by atoms with Crippen LogP contribution in [-0.4, -0.2) is 22.5 Å². The van der Waals surface area contributed by atoms with E-state index in [9.17, 15) is 9.90 Å². The second-order valence-corrected chi connectivity index (χ2v) is 6.71. The Morgan fingerprint density at radius 3 is 2.64 bits per heavy atom. The van der Waals surface area contributed by atoms with E-state index in [4.69, 9.17) is 0 Å². The number of hydrogen-bond acceptors (Lipinski definition) is 2. The highest BCUT2D eigenvalue weighted by atomic mass is 16.3. The first kappa shape index (κ1) is 15.9. The fourth-order valence-electron chi connectivity index (χ4n) is 3.96. The van der Waals surface area contributed by atoms with E-state index < -0.39 is 5.60 Å². The number of unbranched alkanes of at least 4 members (excludes halogenated alkanes) is 1. The van der Waals surface area contributed by atoms with Gasteiger partial charge in [-0.15, -0.1) is 0 Å². The summed E-state index contributed by atoms with van der Waals surface area (Å²) < 4.78 is 0. The quantitative estimate of drug-likeness (QED) is 0.761. The van der Waals surface area contributed by atoms with Gasteiger partial charge >= 0.3 is 0 Å². The van der Waals surface area contributed by atoms with Crippen LogP contribution >= 0.6 is 0 Å². The predicted molar refractivity (Wildman–Crippen MR) is 99.7 cm³/mol. The molecule has 0 aliphatic carbocycles. The number of amides is 1. The Hall–Kier alpha value is -2.59. The Morgan fingerprint density at radius 2 is 1.84 bits per heavy atom. The van der Waals surface area contributed by atoms with Crippen molar-refractivity contribution < 1.29 is 9.90 Å². The van der Waals surface area contributed by atoms with Crippen molar-refractivity contribution in [3.05, 3.63) is 65.4 Å². The summed E-state index contributed by atoms with van der Waals surface area (Å²) in [5.41, 5.74) is 2.26. The number of carbonyl (C=O) groups is 1. The van der Waals surface area contributed by atoms with Crippen molar-refractivity contribution in [1.29, 1.82) is 0 Å². The molecule has 1 atom stereocenters. The van der Waals surface area contributed by atoms with Crippen LogP contribution in [0.4, 0.5) is 5.69 Å². The number of anilines is 1. The van der Waals surface area contributed by atoms with E-state index in [-0.39, 0.29) is 5.91 Å². The zero-order valence-electron chi connectivity index (χ0n) is 14.5. The van der Waals surface area contributed by atoms with Gasteiger partial charge in [-0.25, -0.2) is 0 Å². The van der Waals surface area contributed by atoms with Crippen molar-refractivity contribution in [1.82, 2.24) is 4.98 Å². The smallest absolute Gasteiger partial charge is 0.268 e. The predicted octanol–water partition coefficient (Wildman–Crippen LogP) is 3.86. The fraction of sp³-hybridized carbons (Fsp3) is 0.286. The molecule has 2 N–H and O–H groups in total. The minimum Gasteiger partial charge on any atom is -0.372 e. The lowest BCUT2D eigenvalue weighted by Crippen LogP contribution is -2.41. The zero-order chi connectivity index (χ0) is 17.6. The first-order valence-corrected chi connectivity index (χ1v) is 8.80. The Balaban J connectivity index is 1.96. The molecule has 4 rings (SSSR count). The first-order valence-electron chi connectivity index (χ1n) is 8.80. The summed E-state index contributed by atoms with van der Waals surface area (Å²) in [5.74, 6) is -0.255. The third-order valence-corrected chi connectivity index (χ3v) is 5.13. The molecule has 0 saturated carbocycles. The molecule has 0 fully saturated rings. The van der Waals surface area contributed by atoms with Crippen LogP contribution in [0.5, 0.6) is 0 Å². The van der Waals surface area contributed by atoms with Gasteiger partial charge < -0.3 is 15.0 Å². The Morgan fingerprint density at radius 1 is 1.12 bits per heavy atom. The monoisotopic (exact) mass is 334 g/mol. The van der Waals surface area contributed by atoms with Crippen LogP contribution in [0.25, 0.3) is 10.9 Å². The minimum atomic E-state index is -1.64. The number of hydrogen-bond donors (Lipinski definition) is 2. The molecule has 1 aliphatic heterocycles. The number of aliphatic hydroxyl groups is 1. The molecule has 0 saturated heterocycles. The van der Waals surface area contributed by atoms with E-state index in [1.54, 1.807) is 4.90 Å². The van der Waals surface area contributed by atoms with Crippen LogP contribution in [0.3, 0.4) is 0 Å². The molecule has 2 aromatic carbocycles. The number of nitrogens with zero attached hydrogens (tertiary/aromatic N) is 1. The maximum Gasteiger partial charge on any atom is 0.268 e. The molecule has 0 radical (unpaired) electrons. The van der Waals surface area contributed by atoms with Crippen molar-refractivity contribution in [3.8, 4) is 0 Å². The number of H-pyrrole nitrogens is 1. The Kier molecular flexibility index (Phi) is 3.65. The van der Waals surface area contributed by atoms with Gasteiger partial charge in [-0.05, 0) is 25.5 Å². The topological polar surface area (TPSA) is 56.3 Å². The number of benzene rings is 2. The molecule has 25 heavy (non-hydrogen) atoms. The average molecular weight is 334 g/mol. The Labute approximate surface area is 147 Å². The van der Waals surface area contributed by atoms with Gasteiger partial charge in [-0.3, -0.25) is 4.79 Å². The lowest BCUT2D eigenvalue weighted by molar-refractivity contribution is -0.132. The van der Waals surface area contributed by atoms with Gasteiger partial charge in [0, 0.05) is 34.3 Å².